The largest absolute Gasteiger partial charge is 0.494 e. The van der Waals surface area contributed by atoms with Gasteiger partial charge >= 0.3 is 0 Å². The van der Waals surface area contributed by atoms with Crippen LogP contribution in [0.3, 0.4) is 0 Å². The molecule has 0 aliphatic heterocycles. The van der Waals surface area contributed by atoms with Crippen molar-refractivity contribution in [2.24, 2.45) is 0 Å². The zero-order valence-corrected chi connectivity index (χ0v) is 9.97. The van der Waals surface area contributed by atoms with Crippen LogP contribution in [-0.4, -0.2) is 13.2 Å². The van der Waals surface area contributed by atoms with Gasteiger partial charge in [-0.3, -0.25) is 0 Å². The van der Waals surface area contributed by atoms with Gasteiger partial charge in [0.2, 0.25) is 0 Å². The van der Waals surface area contributed by atoms with Gasteiger partial charge in [0.1, 0.15) is 5.75 Å². The van der Waals surface area contributed by atoms with Crippen LogP contribution in [0.15, 0.2) is 18.2 Å². The van der Waals surface area contributed by atoms with Crippen molar-refractivity contribution in [3.63, 3.8) is 0 Å². The quantitative estimate of drug-likeness (QED) is 0.771. The van der Waals surface area contributed by atoms with Crippen LogP contribution < -0.4 is 10.1 Å². The Bertz CT molecular complexity index is 297. The Morgan fingerprint density at radius 3 is 2.60 bits per heavy atom. The first-order chi connectivity index (χ1) is 7.31. The van der Waals surface area contributed by atoms with E-state index in [4.69, 9.17) is 4.74 Å². The summed E-state index contributed by atoms with van der Waals surface area (Å²) < 4.78 is 5.60. The first kappa shape index (κ1) is 11.9. The SMILES string of the molecule is CCCOc1ccc(NCC)c(CC)c1. The highest BCUT2D eigenvalue weighted by atomic mass is 16.5. The summed E-state index contributed by atoms with van der Waals surface area (Å²) in [5.74, 6) is 0.982. The Balaban J connectivity index is 2.77. The van der Waals surface area contributed by atoms with E-state index in [2.05, 4.69) is 38.2 Å². The van der Waals surface area contributed by atoms with E-state index in [1.54, 1.807) is 0 Å². The van der Waals surface area contributed by atoms with Crippen LogP contribution in [0, 0.1) is 0 Å². The second kappa shape index (κ2) is 6.33. The molecule has 0 atom stereocenters. The van der Waals surface area contributed by atoms with Gasteiger partial charge in [0.05, 0.1) is 6.61 Å². The number of hydrogen-bond acceptors (Lipinski definition) is 2. The molecular weight excluding hydrogens is 186 g/mol. The van der Waals surface area contributed by atoms with Gasteiger partial charge in [-0.15, -0.1) is 0 Å². The molecule has 0 spiro atoms. The standard InChI is InChI=1S/C13H21NO/c1-4-9-15-12-7-8-13(14-6-3)11(5-2)10-12/h7-8,10,14H,4-6,9H2,1-3H3. The highest BCUT2D eigenvalue weighted by Gasteiger charge is 2.01. The molecule has 1 rings (SSSR count). The summed E-state index contributed by atoms with van der Waals surface area (Å²) in [7, 11) is 0. The van der Waals surface area contributed by atoms with Crippen molar-refractivity contribution in [3.8, 4) is 5.75 Å². The van der Waals surface area contributed by atoms with E-state index in [9.17, 15) is 0 Å². The topological polar surface area (TPSA) is 21.3 Å². The molecule has 1 aromatic carbocycles. The summed E-state index contributed by atoms with van der Waals surface area (Å²) in [5, 5.41) is 3.35. The molecule has 1 aromatic rings. The van der Waals surface area contributed by atoms with Gasteiger partial charge in [-0.1, -0.05) is 13.8 Å². The van der Waals surface area contributed by atoms with E-state index >= 15 is 0 Å². The molecule has 0 aliphatic carbocycles. The fraction of sp³-hybridized carbons (Fsp3) is 0.538. The van der Waals surface area contributed by atoms with Crippen LogP contribution in [0.25, 0.3) is 0 Å². The van der Waals surface area contributed by atoms with Crippen molar-refractivity contribution >= 4 is 5.69 Å². The summed E-state index contributed by atoms with van der Waals surface area (Å²) in [4.78, 5) is 0. The summed E-state index contributed by atoms with van der Waals surface area (Å²) in [6.45, 7) is 8.15. The van der Waals surface area contributed by atoms with Gasteiger partial charge in [0.15, 0.2) is 0 Å². The first-order valence-electron chi connectivity index (χ1n) is 5.81. The molecule has 0 aliphatic rings. The number of benzene rings is 1. The summed E-state index contributed by atoms with van der Waals surface area (Å²) in [6, 6.07) is 6.27. The van der Waals surface area contributed by atoms with Crippen LogP contribution in [0.1, 0.15) is 32.8 Å². The fourth-order valence-electron chi connectivity index (χ4n) is 1.54. The monoisotopic (exact) mass is 207 g/mol. The molecule has 84 valence electrons. The van der Waals surface area contributed by atoms with Crippen molar-refractivity contribution in [2.75, 3.05) is 18.5 Å². The number of anilines is 1. The van der Waals surface area contributed by atoms with Gasteiger partial charge in [0, 0.05) is 12.2 Å². The Morgan fingerprint density at radius 1 is 1.20 bits per heavy atom. The zero-order valence-electron chi connectivity index (χ0n) is 9.97. The molecule has 0 saturated heterocycles. The first-order valence-corrected chi connectivity index (χ1v) is 5.81. The van der Waals surface area contributed by atoms with Crippen LogP contribution in [0.4, 0.5) is 5.69 Å². The Labute approximate surface area is 92.6 Å². The van der Waals surface area contributed by atoms with Crippen LogP contribution >= 0.6 is 0 Å². The molecule has 0 aromatic heterocycles. The maximum absolute atomic E-state index is 5.60. The van der Waals surface area contributed by atoms with Gasteiger partial charge in [0.25, 0.3) is 0 Å². The maximum Gasteiger partial charge on any atom is 0.119 e. The molecular formula is C13H21NO. The van der Waals surface area contributed by atoms with E-state index in [-0.39, 0.29) is 0 Å². The van der Waals surface area contributed by atoms with Gasteiger partial charge < -0.3 is 10.1 Å². The summed E-state index contributed by atoms with van der Waals surface area (Å²) in [6.07, 6.45) is 2.09. The van der Waals surface area contributed by atoms with Crippen LogP contribution in [-0.2, 0) is 6.42 Å². The van der Waals surface area contributed by atoms with E-state index in [0.29, 0.717) is 0 Å². The predicted molar refractivity (Wildman–Crippen MR) is 65.8 cm³/mol. The maximum atomic E-state index is 5.60. The average molecular weight is 207 g/mol. The van der Waals surface area contributed by atoms with Gasteiger partial charge in [-0.05, 0) is 43.5 Å². The molecule has 0 bridgehead atoms. The molecule has 1 N–H and O–H groups in total. The smallest absolute Gasteiger partial charge is 0.119 e. The van der Waals surface area contributed by atoms with Crippen LogP contribution in [0.5, 0.6) is 5.75 Å². The average Bonchev–Trinajstić information content (AvgIpc) is 2.28. The molecule has 0 amide bonds. The Hall–Kier alpha value is -1.18. The second-order valence-corrected chi connectivity index (χ2v) is 3.55. The van der Waals surface area contributed by atoms with Crippen molar-refractivity contribution in [2.45, 2.75) is 33.6 Å². The molecule has 0 saturated carbocycles. The number of aryl methyl sites for hydroxylation is 1. The Kier molecular flexibility index (Phi) is 5.02. The number of rotatable bonds is 6. The Morgan fingerprint density at radius 2 is 2.00 bits per heavy atom. The van der Waals surface area contributed by atoms with E-state index in [1.807, 2.05) is 6.07 Å². The highest BCUT2D eigenvalue weighted by Crippen LogP contribution is 2.22. The minimum Gasteiger partial charge on any atom is -0.494 e. The molecule has 2 heteroatoms. The van der Waals surface area contributed by atoms with Crippen molar-refractivity contribution in [1.29, 1.82) is 0 Å². The lowest BCUT2D eigenvalue weighted by Gasteiger charge is -2.12. The van der Waals surface area contributed by atoms with Crippen molar-refractivity contribution in [3.05, 3.63) is 23.8 Å². The number of hydrogen-bond donors (Lipinski definition) is 1. The highest BCUT2D eigenvalue weighted by molar-refractivity contribution is 5.54. The van der Waals surface area contributed by atoms with Gasteiger partial charge in [-0.25, -0.2) is 0 Å². The minimum absolute atomic E-state index is 0.795. The fourth-order valence-corrected chi connectivity index (χ4v) is 1.54. The van der Waals surface area contributed by atoms with Crippen molar-refractivity contribution < 1.29 is 4.74 Å². The lowest BCUT2D eigenvalue weighted by molar-refractivity contribution is 0.317. The normalized spacial score (nSPS) is 10.1. The van der Waals surface area contributed by atoms with E-state index < -0.39 is 0 Å². The third kappa shape index (κ3) is 3.46. The lowest BCUT2D eigenvalue weighted by Crippen LogP contribution is -2.01. The molecule has 0 fully saturated rings. The molecule has 0 unspecified atom stereocenters. The second-order valence-electron chi connectivity index (χ2n) is 3.55. The third-order valence-electron chi connectivity index (χ3n) is 2.30. The minimum atomic E-state index is 0.795. The molecule has 2 nitrogen and oxygen atoms in total. The molecule has 15 heavy (non-hydrogen) atoms. The summed E-state index contributed by atoms with van der Waals surface area (Å²) >= 11 is 0. The predicted octanol–water partition coefficient (Wildman–Crippen LogP) is 3.47. The molecule has 0 heterocycles. The number of nitrogens with one attached hydrogen (secondary N) is 1. The number of ether oxygens (including phenoxy) is 1. The summed E-state index contributed by atoms with van der Waals surface area (Å²) in [5.41, 5.74) is 2.55. The molecule has 0 radical (unpaired) electrons. The van der Waals surface area contributed by atoms with E-state index in [1.165, 1.54) is 11.3 Å². The zero-order chi connectivity index (χ0) is 11.1. The van der Waals surface area contributed by atoms with Gasteiger partial charge in [-0.2, -0.15) is 0 Å². The third-order valence-corrected chi connectivity index (χ3v) is 2.30. The van der Waals surface area contributed by atoms with Crippen molar-refractivity contribution in [1.82, 2.24) is 0 Å². The van der Waals surface area contributed by atoms with E-state index in [0.717, 1.165) is 31.7 Å². The van der Waals surface area contributed by atoms with Crippen LogP contribution in [0.2, 0.25) is 0 Å². The lowest BCUT2D eigenvalue weighted by atomic mass is 10.1.